The summed E-state index contributed by atoms with van der Waals surface area (Å²) in [5, 5.41) is 12.1. The minimum Gasteiger partial charge on any atom is -0.492 e. The highest BCUT2D eigenvalue weighted by Gasteiger charge is 2.47. The number of rotatable bonds is 7. The molecule has 2 aromatic carbocycles. The number of fused-ring (bicyclic) bond motifs is 1. The van der Waals surface area contributed by atoms with Crippen molar-refractivity contribution in [2.45, 2.75) is 37.8 Å². The van der Waals surface area contributed by atoms with E-state index < -0.39 is 5.54 Å². The number of nitrogens with zero attached hydrogens (tertiary/aromatic N) is 3. The van der Waals surface area contributed by atoms with Gasteiger partial charge >= 0.3 is 0 Å². The van der Waals surface area contributed by atoms with E-state index in [4.69, 9.17) is 4.74 Å². The number of hydrogen-bond acceptors (Lipinski definition) is 5. The monoisotopic (exact) mass is 467 g/mol. The normalized spacial score (nSPS) is 18.2. The van der Waals surface area contributed by atoms with Gasteiger partial charge in [0.2, 0.25) is 0 Å². The zero-order valence-electron chi connectivity index (χ0n) is 20.0. The number of carbonyl (C=O) groups excluding carboxylic acids is 1. The van der Waals surface area contributed by atoms with Crippen molar-refractivity contribution >= 4 is 16.8 Å². The Labute approximate surface area is 204 Å². The Hall–Kier alpha value is -3.71. The highest BCUT2D eigenvalue weighted by molar-refractivity contribution is 5.98. The van der Waals surface area contributed by atoms with Crippen LogP contribution in [0, 0.1) is 6.92 Å². The summed E-state index contributed by atoms with van der Waals surface area (Å²) in [6, 6.07) is 16.5. The van der Waals surface area contributed by atoms with E-state index in [0.29, 0.717) is 18.2 Å². The third-order valence-electron chi connectivity index (χ3n) is 7.29. The van der Waals surface area contributed by atoms with E-state index in [0.717, 1.165) is 64.8 Å². The number of nitrogens with one attached hydrogen (secondary N) is 2. The quantitative estimate of drug-likeness (QED) is 0.428. The van der Waals surface area contributed by atoms with Crippen molar-refractivity contribution in [3.05, 3.63) is 77.6 Å². The second-order valence-electron chi connectivity index (χ2n) is 9.70. The van der Waals surface area contributed by atoms with Gasteiger partial charge in [0.05, 0.1) is 16.7 Å². The fourth-order valence-corrected chi connectivity index (χ4v) is 4.88. The molecule has 1 aliphatic carbocycles. The van der Waals surface area contributed by atoms with Crippen LogP contribution in [-0.2, 0) is 12.6 Å². The molecule has 1 saturated heterocycles. The molecule has 0 spiro atoms. The highest BCUT2D eigenvalue weighted by atomic mass is 16.5. The smallest absolute Gasteiger partial charge is 0.252 e. The van der Waals surface area contributed by atoms with E-state index in [-0.39, 0.29) is 5.91 Å². The van der Waals surface area contributed by atoms with Crippen LogP contribution in [0.25, 0.3) is 22.2 Å². The van der Waals surface area contributed by atoms with E-state index in [2.05, 4.69) is 38.9 Å². The maximum atomic E-state index is 13.5. The topological polar surface area (TPSA) is 81.1 Å². The lowest BCUT2D eigenvalue weighted by atomic mass is 9.94. The molecule has 3 heterocycles. The van der Waals surface area contributed by atoms with Gasteiger partial charge in [0, 0.05) is 42.0 Å². The summed E-state index contributed by atoms with van der Waals surface area (Å²) in [5.41, 5.74) is 5.26. The molecule has 2 aromatic heterocycles. The minimum atomic E-state index is -0.411. The van der Waals surface area contributed by atoms with Gasteiger partial charge in [-0.15, -0.1) is 0 Å². The molecule has 1 atom stereocenters. The Morgan fingerprint density at radius 1 is 1.20 bits per heavy atom. The molecule has 35 heavy (non-hydrogen) atoms. The molecule has 1 amide bonds. The summed E-state index contributed by atoms with van der Waals surface area (Å²) < 4.78 is 7.81. The molecule has 1 aliphatic heterocycles. The van der Waals surface area contributed by atoms with Crippen molar-refractivity contribution in [3.8, 4) is 17.0 Å². The molecule has 1 unspecified atom stereocenters. The standard InChI is InChI=1S/C28H29N5O2/c1-18-5-6-21(35-17-20-7-12-29-20)16-23(18)27(34)32-28(9-10-28)24-14-19(26-8-13-31-33(26)2)15-25-22(24)4-3-11-30-25/h3-6,8,11,13-16,20,29H,7,9-10,12,17H2,1-2H3,(H,32,34). The molecule has 6 rings (SSSR count). The van der Waals surface area contributed by atoms with Crippen LogP contribution >= 0.6 is 0 Å². The summed E-state index contributed by atoms with van der Waals surface area (Å²) in [7, 11) is 1.94. The average Bonchev–Trinajstić information content (AvgIpc) is 3.48. The average molecular weight is 468 g/mol. The predicted octanol–water partition coefficient (Wildman–Crippen LogP) is 4.10. The van der Waals surface area contributed by atoms with Gasteiger partial charge in [-0.3, -0.25) is 14.5 Å². The van der Waals surface area contributed by atoms with Gasteiger partial charge in [0.1, 0.15) is 12.4 Å². The van der Waals surface area contributed by atoms with E-state index in [1.807, 2.05) is 55.2 Å². The van der Waals surface area contributed by atoms with Crippen molar-refractivity contribution < 1.29 is 9.53 Å². The van der Waals surface area contributed by atoms with Gasteiger partial charge < -0.3 is 15.4 Å². The van der Waals surface area contributed by atoms with Crippen LogP contribution in [-0.4, -0.2) is 39.9 Å². The van der Waals surface area contributed by atoms with E-state index in [9.17, 15) is 4.79 Å². The number of benzene rings is 2. The van der Waals surface area contributed by atoms with Gasteiger partial charge in [-0.1, -0.05) is 12.1 Å². The van der Waals surface area contributed by atoms with E-state index in [1.54, 1.807) is 6.20 Å². The summed E-state index contributed by atoms with van der Waals surface area (Å²) in [6.07, 6.45) is 6.51. The van der Waals surface area contributed by atoms with Crippen LogP contribution in [0.4, 0.5) is 0 Å². The molecule has 0 bridgehead atoms. The lowest BCUT2D eigenvalue weighted by molar-refractivity contribution is 0.0930. The van der Waals surface area contributed by atoms with Crippen molar-refractivity contribution in [1.29, 1.82) is 0 Å². The summed E-state index contributed by atoms with van der Waals surface area (Å²) in [6.45, 7) is 3.63. The molecule has 1 saturated carbocycles. The third-order valence-corrected chi connectivity index (χ3v) is 7.29. The molecule has 7 heteroatoms. The molecule has 178 valence electrons. The first-order chi connectivity index (χ1) is 17.0. The zero-order chi connectivity index (χ0) is 24.0. The van der Waals surface area contributed by atoms with Crippen LogP contribution in [0.1, 0.15) is 40.7 Å². The lowest BCUT2D eigenvalue weighted by Crippen LogP contribution is -2.46. The summed E-state index contributed by atoms with van der Waals surface area (Å²) in [5.74, 6) is 0.655. The minimum absolute atomic E-state index is 0.0739. The van der Waals surface area contributed by atoms with E-state index >= 15 is 0 Å². The molecular formula is C28H29N5O2. The van der Waals surface area contributed by atoms with Crippen molar-refractivity contribution in [2.75, 3.05) is 13.2 Å². The number of hydrogen-bond donors (Lipinski definition) is 2. The van der Waals surface area contributed by atoms with Crippen LogP contribution in [0.5, 0.6) is 5.75 Å². The molecule has 7 nitrogen and oxygen atoms in total. The Balaban J connectivity index is 1.32. The Kier molecular flexibility index (Phi) is 5.29. The van der Waals surface area contributed by atoms with Crippen LogP contribution in [0.2, 0.25) is 0 Å². The maximum absolute atomic E-state index is 13.5. The first-order valence-electron chi connectivity index (χ1n) is 12.2. The van der Waals surface area contributed by atoms with Gasteiger partial charge in [-0.25, -0.2) is 0 Å². The van der Waals surface area contributed by atoms with Crippen LogP contribution in [0.15, 0.2) is 60.9 Å². The molecular weight excluding hydrogens is 438 g/mol. The first-order valence-corrected chi connectivity index (χ1v) is 12.2. The molecule has 2 fully saturated rings. The molecule has 4 aromatic rings. The molecule has 2 N–H and O–H groups in total. The SMILES string of the molecule is Cc1ccc(OCC2CCN2)cc1C(=O)NC1(c2cc(-c3ccnn3C)cc3ncccc23)CC1. The van der Waals surface area contributed by atoms with Gasteiger partial charge in [0.15, 0.2) is 0 Å². The Morgan fingerprint density at radius 2 is 2.06 bits per heavy atom. The van der Waals surface area contributed by atoms with Crippen molar-refractivity contribution in [3.63, 3.8) is 0 Å². The van der Waals surface area contributed by atoms with Gasteiger partial charge in [-0.2, -0.15) is 5.10 Å². The maximum Gasteiger partial charge on any atom is 0.252 e. The van der Waals surface area contributed by atoms with E-state index in [1.165, 1.54) is 0 Å². The third kappa shape index (κ3) is 4.06. The molecule has 2 aliphatic rings. The number of aromatic nitrogens is 3. The zero-order valence-corrected chi connectivity index (χ0v) is 20.0. The second-order valence-corrected chi connectivity index (χ2v) is 9.70. The largest absolute Gasteiger partial charge is 0.492 e. The lowest BCUT2D eigenvalue weighted by Gasteiger charge is -2.27. The number of aryl methyl sites for hydroxylation is 2. The Morgan fingerprint density at radius 3 is 2.77 bits per heavy atom. The summed E-state index contributed by atoms with van der Waals surface area (Å²) >= 11 is 0. The van der Waals surface area contributed by atoms with Crippen molar-refractivity contribution in [2.24, 2.45) is 7.05 Å². The number of carbonyl (C=O) groups is 1. The highest BCUT2D eigenvalue weighted by Crippen LogP contribution is 2.49. The van der Waals surface area contributed by atoms with Gasteiger partial charge in [0.25, 0.3) is 5.91 Å². The summed E-state index contributed by atoms with van der Waals surface area (Å²) in [4.78, 5) is 18.2. The fourth-order valence-electron chi connectivity index (χ4n) is 4.88. The van der Waals surface area contributed by atoms with Crippen LogP contribution in [0.3, 0.4) is 0 Å². The second kappa shape index (κ2) is 8.50. The predicted molar refractivity (Wildman–Crippen MR) is 135 cm³/mol. The van der Waals surface area contributed by atoms with Crippen molar-refractivity contribution in [1.82, 2.24) is 25.4 Å². The number of ether oxygens (including phenoxy) is 1. The van der Waals surface area contributed by atoms with Gasteiger partial charge in [-0.05, 0) is 80.3 Å². The molecule has 0 radical (unpaired) electrons. The Bertz CT molecular complexity index is 1420. The van der Waals surface area contributed by atoms with Crippen LogP contribution < -0.4 is 15.4 Å². The number of pyridine rings is 1. The number of amides is 1. The first kappa shape index (κ1) is 21.8. The fraction of sp³-hybridized carbons (Fsp3) is 0.321.